The highest BCUT2D eigenvalue weighted by molar-refractivity contribution is 7.15. The molecule has 0 saturated heterocycles. The number of carbonyl (C=O) groups excluding carboxylic acids is 1. The Morgan fingerprint density at radius 1 is 0.923 bits per heavy atom. The van der Waals surface area contributed by atoms with E-state index in [1.54, 1.807) is 12.3 Å². The Bertz CT molecular complexity index is 1870. The van der Waals surface area contributed by atoms with Gasteiger partial charge in [0.25, 0.3) is 5.91 Å². The summed E-state index contributed by atoms with van der Waals surface area (Å²) in [6, 6.07) is 34.9. The first kappa shape index (κ1) is 24.4. The number of nitrogens with zero attached hydrogens (tertiary/aromatic N) is 3. The number of rotatable bonds is 7. The Morgan fingerprint density at radius 2 is 1.67 bits per heavy atom. The SMILES string of the molecule is N#C/C(=C\c1cn(Cc2ccccc2)c2ccccc12)C(=O)Nc1ncc(Cc2cccc3ccccc23)s1. The second kappa shape index (κ2) is 10.8. The van der Waals surface area contributed by atoms with Crippen LogP contribution >= 0.6 is 11.3 Å². The summed E-state index contributed by atoms with van der Waals surface area (Å²) in [5, 5.41) is 16.5. The molecule has 0 saturated carbocycles. The van der Waals surface area contributed by atoms with E-state index in [1.165, 1.54) is 33.2 Å². The van der Waals surface area contributed by atoms with Crippen LogP contribution in [0.2, 0.25) is 0 Å². The maximum Gasteiger partial charge on any atom is 0.268 e. The standard InChI is InChI=1S/C33H24N4OS/c34-19-26(17-27-22-37(21-23-9-2-1-3-10-23)31-16-7-6-15-30(27)31)32(38)36-33-35-20-28(39-33)18-25-13-8-12-24-11-4-5-14-29(24)25/h1-17,20,22H,18,21H2,(H,35,36,38)/b26-17+. The highest BCUT2D eigenvalue weighted by Crippen LogP contribution is 2.27. The van der Waals surface area contributed by atoms with Crippen LogP contribution in [-0.2, 0) is 17.8 Å². The summed E-state index contributed by atoms with van der Waals surface area (Å²) in [7, 11) is 0. The number of nitrogens with one attached hydrogen (secondary N) is 1. The number of hydrogen-bond donors (Lipinski definition) is 1. The topological polar surface area (TPSA) is 70.7 Å². The molecule has 188 valence electrons. The van der Waals surface area contributed by atoms with Crippen molar-refractivity contribution in [1.82, 2.24) is 9.55 Å². The van der Waals surface area contributed by atoms with Gasteiger partial charge in [0.15, 0.2) is 5.13 Å². The second-order valence-electron chi connectivity index (χ2n) is 9.29. The number of nitriles is 1. The molecule has 39 heavy (non-hydrogen) atoms. The number of anilines is 1. The number of hydrogen-bond acceptors (Lipinski definition) is 4. The van der Waals surface area contributed by atoms with E-state index >= 15 is 0 Å². The van der Waals surface area contributed by atoms with Crippen molar-refractivity contribution in [2.75, 3.05) is 5.32 Å². The predicted molar refractivity (Wildman–Crippen MR) is 159 cm³/mol. The summed E-state index contributed by atoms with van der Waals surface area (Å²) in [6.07, 6.45) is 6.16. The molecule has 0 aliphatic rings. The number of benzene rings is 4. The van der Waals surface area contributed by atoms with Crippen molar-refractivity contribution in [3.05, 3.63) is 137 Å². The lowest BCUT2D eigenvalue weighted by Crippen LogP contribution is -2.13. The van der Waals surface area contributed by atoms with Crippen molar-refractivity contribution in [3.8, 4) is 6.07 Å². The average Bonchev–Trinajstić information content (AvgIpc) is 3.56. The first-order valence-corrected chi connectivity index (χ1v) is 13.5. The summed E-state index contributed by atoms with van der Waals surface area (Å²) >= 11 is 1.42. The Balaban J connectivity index is 1.22. The molecule has 0 aliphatic heterocycles. The Morgan fingerprint density at radius 3 is 2.51 bits per heavy atom. The fourth-order valence-corrected chi connectivity index (χ4v) is 5.68. The van der Waals surface area contributed by atoms with E-state index in [0.717, 1.165) is 27.8 Å². The molecule has 0 unspecified atom stereocenters. The van der Waals surface area contributed by atoms with Crippen molar-refractivity contribution in [2.45, 2.75) is 13.0 Å². The average molecular weight is 525 g/mol. The predicted octanol–water partition coefficient (Wildman–Crippen LogP) is 7.44. The molecule has 0 radical (unpaired) electrons. The van der Waals surface area contributed by atoms with Gasteiger partial charge in [-0.2, -0.15) is 5.26 Å². The molecular formula is C33H24N4OS. The van der Waals surface area contributed by atoms with E-state index in [9.17, 15) is 10.1 Å². The molecule has 4 aromatic carbocycles. The van der Waals surface area contributed by atoms with Gasteiger partial charge in [0.1, 0.15) is 11.6 Å². The largest absolute Gasteiger partial charge is 0.342 e. The molecule has 6 heteroatoms. The molecule has 0 spiro atoms. The fourth-order valence-electron chi connectivity index (χ4n) is 4.85. The van der Waals surface area contributed by atoms with Gasteiger partial charge in [-0.1, -0.05) is 91.0 Å². The molecule has 0 bridgehead atoms. The zero-order valence-corrected chi connectivity index (χ0v) is 21.9. The molecule has 6 rings (SSSR count). The van der Waals surface area contributed by atoms with E-state index in [2.05, 4.69) is 69.5 Å². The van der Waals surface area contributed by atoms with Gasteiger partial charge >= 0.3 is 0 Å². The van der Waals surface area contributed by atoms with E-state index < -0.39 is 5.91 Å². The lowest BCUT2D eigenvalue weighted by atomic mass is 10.0. The van der Waals surface area contributed by atoms with E-state index in [1.807, 2.05) is 54.7 Å². The summed E-state index contributed by atoms with van der Waals surface area (Å²) in [5.74, 6) is -0.469. The Kier molecular flexibility index (Phi) is 6.73. The molecular weight excluding hydrogens is 500 g/mol. The quantitative estimate of drug-likeness (QED) is 0.174. The van der Waals surface area contributed by atoms with Crippen LogP contribution in [0.4, 0.5) is 5.13 Å². The third kappa shape index (κ3) is 5.22. The maximum atomic E-state index is 13.1. The highest BCUT2D eigenvalue weighted by atomic mass is 32.1. The van der Waals surface area contributed by atoms with Crippen LogP contribution in [0, 0.1) is 11.3 Å². The minimum atomic E-state index is -0.469. The van der Waals surface area contributed by atoms with Gasteiger partial charge in [0.2, 0.25) is 0 Å². The lowest BCUT2D eigenvalue weighted by molar-refractivity contribution is -0.112. The number of amides is 1. The molecule has 0 atom stereocenters. The van der Waals surface area contributed by atoms with Gasteiger partial charge in [-0.15, -0.1) is 11.3 Å². The Hall–Kier alpha value is -4.99. The van der Waals surface area contributed by atoms with Crippen LogP contribution in [0.25, 0.3) is 27.8 Å². The molecule has 2 aromatic heterocycles. The minimum absolute atomic E-state index is 0.0309. The van der Waals surface area contributed by atoms with Crippen LogP contribution in [0.15, 0.2) is 115 Å². The van der Waals surface area contributed by atoms with Crippen LogP contribution in [-0.4, -0.2) is 15.5 Å². The van der Waals surface area contributed by atoms with Crippen molar-refractivity contribution in [1.29, 1.82) is 5.26 Å². The molecule has 1 amide bonds. The molecule has 5 nitrogen and oxygen atoms in total. The summed E-state index contributed by atoms with van der Waals surface area (Å²) in [6.45, 7) is 0.696. The maximum absolute atomic E-state index is 13.1. The normalized spacial score (nSPS) is 11.5. The van der Waals surface area contributed by atoms with Gasteiger partial charge in [0, 0.05) is 46.7 Å². The fraction of sp³-hybridized carbons (Fsp3) is 0.0606. The zero-order chi connectivity index (χ0) is 26.6. The number of aromatic nitrogens is 2. The van der Waals surface area contributed by atoms with Crippen molar-refractivity contribution >= 4 is 50.1 Å². The van der Waals surface area contributed by atoms with Crippen molar-refractivity contribution in [3.63, 3.8) is 0 Å². The van der Waals surface area contributed by atoms with Gasteiger partial charge < -0.3 is 4.57 Å². The van der Waals surface area contributed by atoms with Crippen LogP contribution in [0.5, 0.6) is 0 Å². The van der Waals surface area contributed by atoms with Crippen LogP contribution < -0.4 is 5.32 Å². The molecule has 6 aromatic rings. The van der Waals surface area contributed by atoms with E-state index in [4.69, 9.17) is 0 Å². The first-order valence-electron chi connectivity index (χ1n) is 12.6. The van der Waals surface area contributed by atoms with Gasteiger partial charge in [0.05, 0.1) is 0 Å². The minimum Gasteiger partial charge on any atom is -0.342 e. The van der Waals surface area contributed by atoms with Crippen LogP contribution in [0.3, 0.4) is 0 Å². The third-order valence-electron chi connectivity index (χ3n) is 6.70. The zero-order valence-electron chi connectivity index (χ0n) is 21.0. The Labute approximate surface area is 230 Å². The summed E-state index contributed by atoms with van der Waals surface area (Å²) < 4.78 is 2.14. The van der Waals surface area contributed by atoms with E-state index in [-0.39, 0.29) is 5.57 Å². The lowest BCUT2D eigenvalue weighted by Gasteiger charge is -2.05. The smallest absolute Gasteiger partial charge is 0.268 e. The molecule has 2 heterocycles. The van der Waals surface area contributed by atoms with Crippen molar-refractivity contribution in [2.24, 2.45) is 0 Å². The van der Waals surface area contributed by atoms with Gasteiger partial charge in [-0.25, -0.2) is 4.98 Å². The first-order chi connectivity index (χ1) is 19.2. The van der Waals surface area contributed by atoms with Crippen LogP contribution in [0.1, 0.15) is 21.6 Å². The van der Waals surface area contributed by atoms with Crippen molar-refractivity contribution < 1.29 is 4.79 Å². The number of fused-ring (bicyclic) bond motifs is 2. The molecule has 0 aliphatic carbocycles. The number of carbonyl (C=O) groups is 1. The monoisotopic (exact) mass is 524 g/mol. The van der Waals surface area contributed by atoms with Gasteiger partial charge in [-0.05, 0) is 34.0 Å². The number of para-hydroxylation sites is 1. The highest BCUT2D eigenvalue weighted by Gasteiger charge is 2.15. The number of thiazole rings is 1. The third-order valence-corrected chi connectivity index (χ3v) is 7.61. The molecule has 0 fully saturated rings. The van der Waals surface area contributed by atoms with E-state index in [0.29, 0.717) is 11.7 Å². The summed E-state index contributed by atoms with van der Waals surface area (Å²) in [4.78, 5) is 18.5. The summed E-state index contributed by atoms with van der Waals surface area (Å²) in [5.41, 5.74) is 4.28. The second-order valence-corrected chi connectivity index (χ2v) is 10.4. The molecule has 1 N–H and O–H groups in total. The van der Waals surface area contributed by atoms with Gasteiger partial charge in [-0.3, -0.25) is 10.1 Å².